The van der Waals surface area contributed by atoms with Gasteiger partial charge < -0.3 is 5.11 Å². The molecule has 0 bridgehead atoms. The van der Waals surface area contributed by atoms with Crippen LogP contribution >= 0.6 is 15.9 Å². The molecule has 0 saturated heterocycles. The molecule has 1 aliphatic carbocycles. The van der Waals surface area contributed by atoms with E-state index < -0.39 is 0 Å². The molecule has 0 heterocycles. The van der Waals surface area contributed by atoms with E-state index in [0.29, 0.717) is 4.47 Å². The third-order valence-corrected chi connectivity index (χ3v) is 4.01. The lowest BCUT2D eigenvalue weighted by atomic mass is 9.89. The highest BCUT2D eigenvalue weighted by Crippen LogP contribution is 2.41. The number of halogens is 2. The summed E-state index contributed by atoms with van der Waals surface area (Å²) < 4.78 is 14.3. The van der Waals surface area contributed by atoms with Crippen molar-refractivity contribution in [2.45, 2.75) is 31.8 Å². The molecule has 1 aliphatic rings. The standard InChI is InChI=1S/C12H14BrFO/c1-7-8(5-6-11(7)15)9-3-2-4-10(13)12(9)14/h2-4,7-8,11,15H,5-6H2,1H3. The Balaban J connectivity index is 2.34. The zero-order valence-corrected chi connectivity index (χ0v) is 10.2. The van der Waals surface area contributed by atoms with E-state index >= 15 is 0 Å². The molecule has 3 unspecified atom stereocenters. The van der Waals surface area contributed by atoms with Gasteiger partial charge in [0.15, 0.2) is 0 Å². The largest absolute Gasteiger partial charge is 0.393 e. The molecule has 0 aliphatic heterocycles. The molecular formula is C12H14BrFO. The molecule has 0 radical (unpaired) electrons. The summed E-state index contributed by atoms with van der Waals surface area (Å²) in [6, 6.07) is 5.37. The minimum atomic E-state index is -0.284. The Labute approximate surface area is 97.4 Å². The molecule has 0 spiro atoms. The molecule has 3 atom stereocenters. The van der Waals surface area contributed by atoms with Crippen LogP contribution in [0.4, 0.5) is 4.39 Å². The molecule has 1 aromatic carbocycles. The van der Waals surface area contributed by atoms with Gasteiger partial charge in [-0.15, -0.1) is 0 Å². The van der Waals surface area contributed by atoms with Gasteiger partial charge in [0.1, 0.15) is 5.82 Å². The van der Waals surface area contributed by atoms with Gasteiger partial charge >= 0.3 is 0 Å². The zero-order chi connectivity index (χ0) is 11.0. The van der Waals surface area contributed by atoms with Crippen molar-refractivity contribution in [2.75, 3.05) is 0 Å². The molecule has 1 nitrogen and oxygen atoms in total. The monoisotopic (exact) mass is 272 g/mol. The zero-order valence-electron chi connectivity index (χ0n) is 8.58. The van der Waals surface area contributed by atoms with Gasteiger partial charge in [0.05, 0.1) is 10.6 Å². The molecule has 1 fully saturated rings. The second-order valence-corrected chi connectivity index (χ2v) is 5.11. The van der Waals surface area contributed by atoms with Gasteiger partial charge in [-0.2, -0.15) is 0 Å². The third kappa shape index (κ3) is 1.95. The van der Waals surface area contributed by atoms with E-state index in [9.17, 15) is 9.50 Å². The van der Waals surface area contributed by atoms with Crippen molar-refractivity contribution in [3.05, 3.63) is 34.1 Å². The van der Waals surface area contributed by atoms with Gasteiger partial charge in [-0.3, -0.25) is 0 Å². The maximum Gasteiger partial charge on any atom is 0.140 e. The number of hydrogen-bond donors (Lipinski definition) is 1. The normalized spacial score (nSPS) is 30.8. The van der Waals surface area contributed by atoms with Crippen molar-refractivity contribution >= 4 is 15.9 Å². The molecule has 0 amide bonds. The van der Waals surface area contributed by atoms with Gasteiger partial charge in [0.2, 0.25) is 0 Å². The van der Waals surface area contributed by atoms with E-state index in [4.69, 9.17) is 0 Å². The molecule has 3 heteroatoms. The van der Waals surface area contributed by atoms with Crippen molar-refractivity contribution in [2.24, 2.45) is 5.92 Å². The fourth-order valence-electron chi connectivity index (χ4n) is 2.39. The fourth-order valence-corrected chi connectivity index (χ4v) is 2.77. The van der Waals surface area contributed by atoms with E-state index in [1.54, 1.807) is 6.07 Å². The quantitative estimate of drug-likeness (QED) is 0.830. The summed E-state index contributed by atoms with van der Waals surface area (Å²) in [4.78, 5) is 0. The first-order valence-electron chi connectivity index (χ1n) is 5.23. The highest BCUT2D eigenvalue weighted by Gasteiger charge is 2.34. The Morgan fingerprint density at radius 3 is 2.73 bits per heavy atom. The average molecular weight is 273 g/mol. The van der Waals surface area contributed by atoms with E-state index in [1.165, 1.54) is 0 Å². The Hall–Kier alpha value is -0.410. The molecular weight excluding hydrogens is 259 g/mol. The number of benzene rings is 1. The van der Waals surface area contributed by atoms with Crippen molar-refractivity contribution in [1.29, 1.82) is 0 Å². The second kappa shape index (κ2) is 4.22. The van der Waals surface area contributed by atoms with Crippen LogP contribution in [0.2, 0.25) is 0 Å². The maximum atomic E-state index is 13.8. The fraction of sp³-hybridized carbons (Fsp3) is 0.500. The Kier molecular flexibility index (Phi) is 3.12. The van der Waals surface area contributed by atoms with E-state index in [1.807, 2.05) is 19.1 Å². The highest BCUT2D eigenvalue weighted by molar-refractivity contribution is 9.10. The van der Waals surface area contributed by atoms with Crippen molar-refractivity contribution in [3.8, 4) is 0 Å². The lowest BCUT2D eigenvalue weighted by molar-refractivity contribution is 0.136. The third-order valence-electron chi connectivity index (χ3n) is 3.40. The predicted octanol–water partition coefficient (Wildman–Crippen LogP) is 3.46. The summed E-state index contributed by atoms with van der Waals surface area (Å²) in [5.74, 6) is 0.120. The summed E-state index contributed by atoms with van der Waals surface area (Å²) >= 11 is 3.19. The first-order valence-corrected chi connectivity index (χ1v) is 6.02. The summed E-state index contributed by atoms with van der Waals surface area (Å²) in [7, 11) is 0. The van der Waals surface area contributed by atoms with Crippen LogP contribution in [0, 0.1) is 11.7 Å². The number of aliphatic hydroxyl groups excluding tert-OH is 1. The van der Waals surface area contributed by atoms with Gasteiger partial charge in [0.25, 0.3) is 0 Å². The summed E-state index contributed by atoms with van der Waals surface area (Å²) in [5, 5.41) is 9.66. The summed E-state index contributed by atoms with van der Waals surface area (Å²) in [6.07, 6.45) is 1.36. The van der Waals surface area contributed by atoms with Gasteiger partial charge in [-0.1, -0.05) is 19.1 Å². The first kappa shape index (κ1) is 11.1. The molecule has 2 rings (SSSR count). The molecule has 1 saturated carbocycles. The van der Waals surface area contributed by atoms with Crippen LogP contribution in [-0.2, 0) is 0 Å². The SMILES string of the molecule is CC1C(O)CCC1c1cccc(Br)c1F. The van der Waals surface area contributed by atoms with Crippen LogP contribution in [0.15, 0.2) is 22.7 Å². The second-order valence-electron chi connectivity index (χ2n) is 4.25. The van der Waals surface area contributed by atoms with E-state index in [2.05, 4.69) is 15.9 Å². The summed E-state index contributed by atoms with van der Waals surface area (Å²) in [6.45, 7) is 1.99. The molecule has 1 N–H and O–H groups in total. The Morgan fingerprint density at radius 1 is 1.40 bits per heavy atom. The average Bonchev–Trinajstić information content (AvgIpc) is 2.53. The van der Waals surface area contributed by atoms with E-state index in [-0.39, 0.29) is 23.8 Å². The lowest BCUT2D eigenvalue weighted by Gasteiger charge is -2.18. The first-order chi connectivity index (χ1) is 7.11. The number of aliphatic hydroxyl groups is 1. The van der Waals surface area contributed by atoms with Crippen molar-refractivity contribution < 1.29 is 9.50 Å². The van der Waals surface area contributed by atoms with Gasteiger partial charge in [0, 0.05) is 0 Å². The molecule has 82 valence electrons. The highest BCUT2D eigenvalue weighted by atomic mass is 79.9. The maximum absolute atomic E-state index is 13.8. The van der Waals surface area contributed by atoms with Crippen LogP contribution in [0.1, 0.15) is 31.2 Å². The van der Waals surface area contributed by atoms with Crippen LogP contribution < -0.4 is 0 Å². The number of rotatable bonds is 1. The lowest BCUT2D eigenvalue weighted by Crippen LogP contribution is -2.15. The van der Waals surface area contributed by atoms with Crippen LogP contribution in [0.25, 0.3) is 0 Å². The minimum absolute atomic E-state index is 0.147. The Morgan fingerprint density at radius 2 is 2.13 bits per heavy atom. The van der Waals surface area contributed by atoms with Crippen LogP contribution in [0.3, 0.4) is 0 Å². The summed E-state index contributed by atoms with van der Waals surface area (Å²) in [5.41, 5.74) is 0.730. The van der Waals surface area contributed by atoms with E-state index in [0.717, 1.165) is 18.4 Å². The topological polar surface area (TPSA) is 20.2 Å². The van der Waals surface area contributed by atoms with Crippen LogP contribution in [0.5, 0.6) is 0 Å². The number of hydrogen-bond acceptors (Lipinski definition) is 1. The van der Waals surface area contributed by atoms with Crippen molar-refractivity contribution in [1.82, 2.24) is 0 Å². The Bertz CT molecular complexity index is 367. The van der Waals surface area contributed by atoms with Crippen LogP contribution in [-0.4, -0.2) is 11.2 Å². The predicted molar refractivity (Wildman–Crippen MR) is 61.2 cm³/mol. The minimum Gasteiger partial charge on any atom is -0.393 e. The smallest absolute Gasteiger partial charge is 0.140 e. The van der Waals surface area contributed by atoms with Gasteiger partial charge in [-0.05, 0) is 52.2 Å². The van der Waals surface area contributed by atoms with Crippen molar-refractivity contribution in [3.63, 3.8) is 0 Å². The van der Waals surface area contributed by atoms with Gasteiger partial charge in [-0.25, -0.2) is 4.39 Å². The molecule has 1 aromatic rings. The molecule has 0 aromatic heterocycles. The molecule has 15 heavy (non-hydrogen) atoms.